The fourth-order valence-corrected chi connectivity index (χ4v) is 6.67. The topological polar surface area (TPSA) is 76.3 Å². The second kappa shape index (κ2) is 9.16. The zero-order valence-corrected chi connectivity index (χ0v) is 22.5. The number of aryl methyl sites for hydroxylation is 1. The van der Waals surface area contributed by atoms with E-state index in [1.807, 2.05) is 18.6 Å². The van der Waals surface area contributed by atoms with Gasteiger partial charge in [0.1, 0.15) is 17.4 Å². The van der Waals surface area contributed by atoms with E-state index in [4.69, 9.17) is 9.98 Å². The van der Waals surface area contributed by atoms with E-state index in [-0.39, 0.29) is 6.17 Å². The number of nitrogens with one attached hydrogen (secondary N) is 1. The first-order chi connectivity index (χ1) is 19.2. The number of anilines is 2. The Morgan fingerprint density at radius 3 is 2.64 bits per heavy atom. The summed E-state index contributed by atoms with van der Waals surface area (Å²) in [6.07, 6.45) is 12.5. The molecule has 0 radical (unpaired) electrons. The number of rotatable bonds is 5. The maximum absolute atomic E-state index is 5.14. The summed E-state index contributed by atoms with van der Waals surface area (Å²) < 4.78 is 0. The molecule has 1 aromatic carbocycles. The Bertz CT molecular complexity index is 1590. The smallest absolute Gasteiger partial charge is 0.180 e. The van der Waals surface area contributed by atoms with Gasteiger partial charge in [0.05, 0.1) is 12.2 Å². The average Bonchev–Trinajstić information content (AvgIpc) is 3.34. The number of piperidine rings is 1. The second-order valence-corrected chi connectivity index (χ2v) is 11.5. The minimum Gasteiger partial charge on any atom is -0.370 e. The highest BCUT2D eigenvalue weighted by Gasteiger charge is 2.41. The number of hydrogen-bond donors (Lipinski definition) is 1. The maximum atomic E-state index is 5.14. The molecule has 0 saturated carbocycles. The molecule has 8 heteroatoms. The van der Waals surface area contributed by atoms with Gasteiger partial charge in [-0.05, 0) is 93.1 Å². The highest BCUT2D eigenvalue weighted by Crippen LogP contribution is 2.41. The predicted molar refractivity (Wildman–Crippen MR) is 156 cm³/mol. The summed E-state index contributed by atoms with van der Waals surface area (Å²) in [5.41, 5.74) is 11.2. The Morgan fingerprint density at radius 1 is 0.923 bits per heavy atom. The number of fused-ring (bicyclic) bond motifs is 4. The molecule has 8 rings (SSSR count). The van der Waals surface area contributed by atoms with Crippen LogP contribution >= 0.6 is 0 Å². The Morgan fingerprint density at radius 2 is 1.77 bits per heavy atom. The van der Waals surface area contributed by atoms with Gasteiger partial charge >= 0.3 is 0 Å². The zero-order chi connectivity index (χ0) is 25.9. The molecule has 3 fully saturated rings. The van der Waals surface area contributed by atoms with E-state index in [1.54, 1.807) is 0 Å². The van der Waals surface area contributed by atoms with E-state index in [0.717, 1.165) is 60.0 Å². The van der Waals surface area contributed by atoms with Crippen LogP contribution in [-0.2, 0) is 6.54 Å². The standard InChI is InChI=1S/C31H34N8/c1-20-13-26-24(15-23(20)22-14-21(16-32-17-22)18-37-9-5-6-10-37)28(34-27-19-39(26)27)31-35-29-25(7-8-33-30(29)36-31)38-11-3-2-4-12-38/h7-8,13-17,27H,2-6,9-12,18-19H2,1H3,(H,33,35,36). The summed E-state index contributed by atoms with van der Waals surface area (Å²) in [5.74, 6) is 0.811. The Balaban J connectivity index is 1.19. The largest absolute Gasteiger partial charge is 0.370 e. The SMILES string of the molecule is Cc1cc2c(cc1-c1cncc(CN3CCCC3)c1)C(c1nc3nccc(N4CCCCC4)c3[nH]1)=NC1CN21. The van der Waals surface area contributed by atoms with Crippen molar-refractivity contribution in [2.45, 2.75) is 51.7 Å². The molecule has 0 aliphatic carbocycles. The first-order valence-corrected chi connectivity index (χ1v) is 14.5. The summed E-state index contributed by atoms with van der Waals surface area (Å²) >= 11 is 0. The lowest BCUT2D eigenvalue weighted by molar-refractivity contribution is 0.331. The Labute approximate surface area is 228 Å². The average molecular weight is 519 g/mol. The van der Waals surface area contributed by atoms with Crippen LogP contribution in [0.3, 0.4) is 0 Å². The monoisotopic (exact) mass is 518 g/mol. The second-order valence-electron chi connectivity index (χ2n) is 11.5. The molecule has 198 valence electrons. The molecule has 39 heavy (non-hydrogen) atoms. The van der Waals surface area contributed by atoms with Crippen molar-refractivity contribution in [3.63, 3.8) is 0 Å². The highest BCUT2D eigenvalue weighted by atomic mass is 15.4. The number of H-pyrrole nitrogens is 1. The molecular weight excluding hydrogens is 484 g/mol. The molecule has 8 nitrogen and oxygen atoms in total. The molecule has 1 N–H and O–H groups in total. The Kier molecular flexibility index (Phi) is 5.43. The maximum Gasteiger partial charge on any atom is 0.180 e. The lowest BCUT2D eigenvalue weighted by atomic mass is 9.94. The van der Waals surface area contributed by atoms with Crippen molar-refractivity contribution in [2.75, 3.05) is 42.5 Å². The van der Waals surface area contributed by atoms with Crippen LogP contribution in [0.4, 0.5) is 11.4 Å². The van der Waals surface area contributed by atoms with Gasteiger partial charge in [-0.1, -0.05) is 0 Å². The van der Waals surface area contributed by atoms with E-state index in [0.29, 0.717) is 0 Å². The molecule has 0 spiro atoms. The van der Waals surface area contributed by atoms with Crippen LogP contribution < -0.4 is 9.80 Å². The summed E-state index contributed by atoms with van der Waals surface area (Å²) in [6.45, 7) is 8.68. The molecule has 0 bridgehead atoms. The summed E-state index contributed by atoms with van der Waals surface area (Å²) in [4.78, 5) is 30.4. The molecule has 4 aliphatic heterocycles. The van der Waals surface area contributed by atoms with Crippen molar-refractivity contribution in [3.05, 3.63) is 65.4 Å². The number of aliphatic imine (C=N–C) groups is 1. The number of likely N-dealkylation sites (tertiary alicyclic amines) is 1. The van der Waals surface area contributed by atoms with Crippen molar-refractivity contribution in [3.8, 4) is 11.1 Å². The number of nitrogens with zero attached hydrogens (tertiary/aromatic N) is 7. The molecule has 1 unspecified atom stereocenters. The van der Waals surface area contributed by atoms with E-state index < -0.39 is 0 Å². The van der Waals surface area contributed by atoms with Crippen molar-refractivity contribution in [1.82, 2.24) is 24.8 Å². The third kappa shape index (κ3) is 4.09. The third-order valence-corrected chi connectivity index (χ3v) is 8.77. The highest BCUT2D eigenvalue weighted by molar-refractivity contribution is 6.17. The lowest BCUT2D eigenvalue weighted by Gasteiger charge is -2.28. The van der Waals surface area contributed by atoms with E-state index in [1.165, 1.54) is 73.3 Å². The van der Waals surface area contributed by atoms with Gasteiger partial charge in [0.2, 0.25) is 0 Å². The van der Waals surface area contributed by atoms with Crippen molar-refractivity contribution in [1.29, 1.82) is 0 Å². The molecule has 3 aromatic heterocycles. The molecule has 3 saturated heterocycles. The van der Waals surface area contributed by atoms with Crippen molar-refractivity contribution in [2.24, 2.45) is 4.99 Å². The molecule has 4 aromatic rings. The number of aromatic amines is 1. The van der Waals surface area contributed by atoms with Crippen molar-refractivity contribution >= 4 is 28.3 Å². The van der Waals surface area contributed by atoms with Crippen LogP contribution in [-0.4, -0.2) is 69.4 Å². The third-order valence-electron chi connectivity index (χ3n) is 8.77. The fraction of sp³-hybridized carbons (Fsp3) is 0.419. The van der Waals surface area contributed by atoms with Crippen LogP contribution in [0.15, 0.2) is 47.8 Å². The number of aromatic nitrogens is 4. The number of imidazole rings is 1. The predicted octanol–water partition coefficient (Wildman–Crippen LogP) is 4.91. The van der Waals surface area contributed by atoms with E-state index >= 15 is 0 Å². The minimum atomic E-state index is 0.200. The quantitative estimate of drug-likeness (QED) is 0.378. The van der Waals surface area contributed by atoms with Gasteiger partial charge in [0.15, 0.2) is 11.5 Å². The fourth-order valence-electron chi connectivity index (χ4n) is 6.67. The molecule has 0 amide bonds. The van der Waals surface area contributed by atoms with Crippen LogP contribution in [0.1, 0.15) is 54.6 Å². The first kappa shape index (κ1) is 23.1. The summed E-state index contributed by atoms with van der Waals surface area (Å²) in [7, 11) is 0. The molecule has 4 aliphatic rings. The molecule has 1 atom stereocenters. The number of benzene rings is 1. The van der Waals surface area contributed by atoms with Crippen LogP contribution in [0.25, 0.3) is 22.3 Å². The number of pyridine rings is 2. The van der Waals surface area contributed by atoms with E-state index in [2.05, 4.69) is 60.8 Å². The van der Waals surface area contributed by atoms with Gasteiger partial charge in [-0.3, -0.25) is 14.9 Å². The van der Waals surface area contributed by atoms with Crippen LogP contribution in [0.2, 0.25) is 0 Å². The van der Waals surface area contributed by atoms with Gasteiger partial charge in [0, 0.05) is 55.0 Å². The van der Waals surface area contributed by atoms with Gasteiger partial charge in [-0.15, -0.1) is 0 Å². The molecule has 7 heterocycles. The van der Waals surface area contributed by atoms with Gasteiger partial charge in [0.25, 0.3) is 0 Å². The zero-order valence-electron chi connectivity index (χ0n) is 22.5. The Hall–Kier alpha value is -3.78. The van der Waals surface area contributed by atoms with Crippen LogP contribution in [0.5, 0.6) is 0 Å². The van der Waals surface area contributed by atoms with Gasteiger partial charge in [-0.2, -0.15) is 0 Å². The molecular formula is C31H34N8. The lowest BCUT2D eigenvalue weighted by Crippen LogP contribution is -2.29. The van der Waals surface area contributed by atoms with Crippen molar-refractivity contribution < 1.29 is 0 Å². The summed E-state index contributed by atoms with van der Waals surface area (Å²) in [6, 6.07) is 9.07. The van der Waals surface area contributed by atoms with Gasteiger partial charge in [-0.25, -0.2) is 9.97 Å². The summed E-state index contributed by atoms with van der Waals surface area (Å²) in [5, 5.41) is 0. The van der Waals surface area contributed by atoms with Gasteiger partial charge < -0.3 is 14.8 Å². The minimum absolute atomic E-state index is 0.200. The van der Waals surface area contributed by atoms with Crippen LogP contribution in [0, 0.1) is 6.92 Å². The van der Waals surface area contributed by atoms with E-state index in [9.17, 15) is 0 Å². The number of hydrogen-bond acceptors (Lipinski definition) is 7. The first-order valence-electron chi connectivity index (χ1n) is 14.5. The normalized spacial score (nSPS) is 20.7.